The molecule has 17 heavy (non-hydrogen) atoms. The minimum Gasteiger partial charge on any atom is -0.508 e. The molecule has 1 atom stereocenters. The maximum Gasteiger partial charge on any atom is 0.115 e. The lowest BCUT2D eigenvalue weighted by molar-refractivity contribution is 0.305. The zero-order chi connectivity index (χ0) is 12.7. The first-order valence-electron chi connectivity index (χ1n) is 6.54. The van der Waals surface area contributed by atoms with Gasteiger partial charge in [0.25, 0.3) is 0 Å². The van der Waals surface area contributed by atoms with Gasteiger partial charge in [-0.05, 0) is 50.6 Å². The molecule has 0 aliphatic heterocycles. The third-order valence-corrected chi connectivity index (χ3v) is 3.02. The molecule has 0 aromatic heterocycles. The van der Waals surface area contributed by atoms with Gasteiger partial charge in [-0.2, -0.15) is 0 Å². The first-order chi connectivity index (χ1) is 8.11. The van der Waals surface area contributed by atoms with Gasteiger partial charge in [-0.1, -0.05) is 31.9 Å². The third kappa shape index (κ3) is 5.73. The van der Waals surface area contributed by atoms with Gasteiger partial charge in [0, 0.05) is 6.54 Å². The predicted molar refractivity (Wildman–Crippen MR) is 73.4 cm³/mol. The second kappa shape index (κ2) is 7.33. The second-order valence-corrected chi connectivity index (χ2v) is 5.14. The topological polar surface area (TPSA) is 23.5 Å². The van der Waals surface area contributed by atoms with Crippen LogP contribution in [0.25, 0.3) is 0 Å². The fraction of sp³-hybridized carbons (Fsp3) is 0.600. The molecule has 0 saturated heterocycles. The molecule has 0 bridgehead atoms. The summed E-state index contributed by atoms with van der Waals surface area (Å²) < 4.78 is 0. The Bertz CT molecular complexity index is 322. The van der Waals surface area contributed by atoms with Crippen molar-refractivity contribution in [3.8, 4) is 5.75 Å². The van der Waals surface area contributed by atoms with E-state index in [0.29, 0.717) is 11.7 Å². The van der Waals surface area contributed by atoms with Crippen LogP contribution in [0.4, 0.5) is 0 Å². The van der Waals surface area contributed by atoms with Crippen molar-refractivity contribution in [1.29, 1.82) is 0 Å². The second-order valence-electron chi connectivity index (χ2n) is 5.14. The fourth-order valence-electron chi connectivity index (χ4n) is 2.28. The van der Waals surface area contributed by atoms with Crippen LogP contribution < -0.4 is 0 Å². The molecule has 0 saturated carbocycles. The summed E-state index contributed by atoms with van der Waals surface area (Å²) in [4.78, 5) is 2.25. The molecule has 96 valence electrons. The molecule has 1 N–H and O–H groups in total. The quantitative estimate of drug-likeness (QED) is 0.784. The summed E-state index contributed by atoms with van der Waals surface area (Å²) in [7, 11) is 4.25. The summed E-state index contributed by atoms with van der Waals surface area (Å²) in [6.07, 6.45) is 4.87. The minimum absolute atomic E-state index is 0.376. The number of benzene rings is 1. The zero-order valence-corrected chi connectivity index (χ0v) is 11.3. The molecule has 2 heteroatoms. The van der Waals surface area contributed by atoms with Gasteiger partial charge in [-0.3, -0.25) is 0 Å². The van der Waals surface area contributed by atoms with E-state index >= 15 is 0 Å². The third-order valence-electron chi connectivity index (χ3n) is 3.02. The van der Waals surface area contributed by atoms with Crippen molar-refractivity contribution in [2.75, 3.05) is 20.6 Å². The molecular weight excluding hydrogens is 210 g/mol. The number of rotatable bonds is 7. The van der Waals surface area contributed by atoms with Gasteiger partial charge in [0.05, 0.1) is 0 Å². The normalized spacial score (nSPS) is 12.9. The number of phenols is 1. The first-order valence-corrected chi connectivity index (χ1v) is 6.54. The highest BCUT2D eigenvalue weighted by molar-refractivity contribution is 5.27. The molecule has 1 unspecified atom stereocenters. The molecule has 0 heterocycles. The summed E-state index contributed by atoms with van der Waals surface area (Å²) in [5.41, 5.74) is 1.24. The Morgan fingerprint density at radius 2 is 2.06 bits per heavy atom. The molecule has 0 aliphatic rings. The largest absolute Gasteiger partial charge is 0.508 e. The Labute approximate surface area is 105 Å². The predicted octanol–water partition coefficient (Wildman–Crippen LogP) is 3.30. The Morgan fingerprint density at radius 3 is 2.65 bits per heavy atom. The first kappa shape index (κ1) is 14.0. The van der Waals surface area contributed by atoms with Crippen LogP contribution in [-0.2, 0) is 6.42 Å². The van der Waals surface area contributed by atoms with Crippen molar-refractivity contribution in [3.05, 3.63) is 29.8 Å². The summed E-state index contributed by atoms with van der Waals surface area (Å²) >= 11 is 0. The molecule has 0 radical (unpaired) electrons. The van der Waals surface area contributed by atoms with Gasteiger partial charge in [0.15, 0.2) is 0 Å². The van der Waals surface area contributed by atoms with Gasteiger partial charge in [0.2, 0.25) is 0 Å². The maximum atomic E-state index is 9.47. The Morgan fingerprint density at radius 1 is 1.29 bits per heavy atom. The van der Waals surface area contributed by atoms with Gasteiger partial charge in [-0.25, -0.2) is 0 Å². The summed E-state index contributed by atoms with van der Waals surface area (Å²) in [5.74, 6) is 1.06. The van der Waals surface area contributed by atoms with Crippen molar-refractivity contribution in [2.24, 2.45) is 5.92 Å². The fourth-order valence-corrected chi connectivity index (χ4v) is 2.28. The number of nitrogens with zero attached hydrogens (tertiary/aromatic N) is 1. The molecule has 0 amide bonds. The highest BCUT2D eigenvalue weighted by Gasteiger charge is 2.10. The van der Waals surface area contributed by atoms with Crippen LogP contribution in [0, 0.1) is 5.92 Å². The molecule has 2 nitrogen and oxygen atoms in total. The standard InChI is InChI=1S/C15H25NO/c1-4-5-7-14(12-16(2)3)10-13-8-6-9-15(17)11-13/h6,8-9,11,14,17H,4-5,7,10,12H2,1-3H3. The van der Waals surface area contributed by atoms with Crippen molar-refractivity contribution >= 4 is 0 Å². The molecule has 1 aromatic rings. The van der Waals surface area contributed by atoms with Crippen molar-refractivity contribution < 1.29 is 5.11 Å². The Hall–Kier alpha value is -1.02. The van der Waals surface area contributed by atoms with Crippen molar-refractivity contribution in [2.45, 2.75) is 32.6 Å². The lowest BCUT2D eigenvalue weighted by Crippen LogP contribution is -2.23. The van der Waals surface area contributed by atoms with Crippen LogP contribution in [-0.4, -0.2) is 30.6 Å². The molecule has 1 aromatic carbocycles. The number of hydrogen-bond acceptors (Lipinski definition) is 2. The van der Waals surface area contributed by atoms with E-state index in [1.807, 2.05) is 12.1 Å². The van der Waals surface area contributed by atoms with Crippen LogP contribution in [0.1, 0.15) is 31.7 Å². The molecule has 0 spiro atoms. The Balaban J connectivity index is 2.58. The van der Waals surface area contributed by atoms with Crippen LogP contribution in [0.5, 0.6) is 5.75 Å². The highest BCUT2D eigenvalue weighted by atomic mass is 16.3. The van der Waals surface area contributed by atoms with Gasteiger partial charge < -0.3 is 10.0 Å². The van der Waals surface area contributed by atoms with Crippen molar-refractivity contribution in [3.63, 3.8) is 0 Å². The molecule has 0 fully saturated rings. The smallest absolute Gasteiger partial charge is 0.115 e. The zero-order valence-electron chi connectivity index (χ0n) is 11.3. The average Bonchev–Trinajstić information content (AvgIpc) is 2.25. The van der Waals surface area contributed by atoms with Crippen molar-refractivity contribution in [1.82, 2.24) is 4.90 Å². The van der Waals surface area contributed by atoms with E-state index < -0.39 is 0 Å². The molecule has 0 aliphatic carbocycles. The number of aromatic hydroxyl groups is 1. The average molecular weight is 235 g/mol. The number of hydrogen-bond donors (Lipinski definition) is 1. The van der Waals surface area contributed by atoms with Gasteiger partial charge in [0.1, 0.15) is 5.75 Å². The lowest BCUT2D eigenvalue weighted by Gasteiger charge is -2.21. The van der Waals surface area contributed by atoms with Crippen LogP contribution in [0.2, 0.25) is 0 Å². The van der Waals surface area contributed by atoms with E-state index in [2.05, 4.69) is 32.0 Å². The van der Waals surface area contributed by atoms with E-state index in [1.165, 1.54) is 24.8 Å². The van der Waals surface area contributed by atoms with E-state index in [9.17, 15) is 5.11 Å². The summed E-state index contributed by atoms with van der Waals surface area (Å²) in [6, 6.07) is 7.65. The maximum absolute atomic E-state index is 9.47. The number of phenolic OH excluding ortho intramolecular Hbond substituents is 1. The van der Waals surface area contributed by atoms with Gasteiger partial charge >= 0.3 is 0 Å². The minimum atomic E-state index is 0.376. The summed E-state index contributed by atoms with van der Waals surface area (Å²) in [6.45, 7) is 3.36. The number of unbranched alkanes of at least 4 members (excludes halogenated alkanes) is 1. The highest BCUT2D eigenvalue weighted by Crippen LogP contribution is 2.19. The monoisotopic (exact) mass is 235 g/mol. The Kier molecular flexibility index (Phi) is 6.06. The van der Waals surface area contributed by atoms with Crippen LogP contribution >= 0.6 is 0 Å². The van der Waals surface area contributed by atoms with E-state index in [-0.39, 0.29) is 0 Å². The molecular formula is C15H25NO. The van der Waals surface area contributed by atoms with Crippen LogP contribution in [0.15, 0.2) is 24.3 Å². The van der Waals surface area contributed by atoms with E-state index in [0.717, 1.165) is 13.0 Å². The van der Waals surface area contributed by atoms with Crippen LogP contribution in [0.3, 0.4) is 0 Å². The molecule has 1 rings (SSSR count). The SMILES string of the molecule is CCCCC(Cc1cccc(O)c1)CN(C)C. The lowest BCUT2D eigenvalue weighted by atomic mass is 9.93. The van der Waals surface area contributed by atoms with E-state index in [1.54, 1.807) is 6.07 Å². The van der Waals surface area contributed by atoms with E-state index in [4.69, 9.17) is 0 Å². The van der Waals surface area contributed by atoms with Gasteiger partial charge in [-0.15, -0.1) is 0 Å². The summed E-state index contributed by atoms with van der Waals surface area (Å²) in [5, 5.41) is 9.47.